The number of amides is 1. The molecule has 25 heavy (non-hydrogen) atoms. The van der Waals surface area contributed by atoms with Crippen LogP contribution in [0.2, 0.25) is 0 Å². The predicted octanol–water partition coefficient (Wildman–Crippen LogP) is 2.79. The summed E-state index contributed by atoms with van der Waals surface area (Å²) in [6.07, 6.45) is 3.95. The van der Waals surface area contributed by atoms with E-state index in [2.05, 4.69) is 15.4 Å². The lowest BCUT2D eigenvalue weighted by Gasteiger charge is -2.19. The molecule has 3 rings (SSSR count). The summed E-state index contributed by atoms with van der Waals surface area (Å²) in [5.41, 5.74) is 3.85. The summed E-state index contributed by atoms with van der Waals surface area (Å²) in [7, 11) is 1.97. The van der Waals surface area contributed by atoms with E-state index in [0.29, 0.717) is 6.54 Å². The molecule has 1 atom stereocenters. The summed E-state index contributed by atoms with van der Waals surface area (Å²) < 4.78 is 3.81. The molecule has 0 spiro atoms. The van der Waals surface area contributed by atoms with Gasteiger partial charge in [-0.15, -0.1) is 0 Å². The maximum atomic E-state index is 12.8. The Morgan fingerprint density at radius 3 is 2.60 bits per heavy atom. The van der Waals surface area contributed by atoms with Gasteiger partial charge in [0.15, 0.2) is 0 Å². The van der Waals surface area contributed by atoms with Gasteiger partial charge in [0.05, 0.1) is 11.6 Å². The first-order valence-electron chi connectivity index (χ1n) is 8.37. The summed E-state index contributed by atoms with van der Waals surface area (Å²) in [4.78, 5) is 16.8. The van der Waals surface area contributed by atoms with Gasteiger partial charge in [0.1, 0.15) is 12.7 Å². The zero-order valence-corrected chi connectivity index (χ0v) is 14.8. The highest BCUT2D eigenvalue weighted by Crippen LogP contribution is 2.20. The summed E-state index contributed by atoms with van der Waals surface area (Å²) in [6.45, 7) is 4.66. The van der Waals surface area contributed by atoms with Crippen molar-refractivity contribution in [2.45, 2.75) is 32.9 Å². The molecule has 6 heteroatoms. The maximum absolute atomic E-state index is 12.8. The third-order valence-electron chi connectivity index (χ3n) is 4.64. The SMILES string of the molecule is Cc1cc(C(=O)NC(CCn2cncn2)c2ccccc2)c(C)n1C. The van der Waals surface area contributed by atoms with Crippen LogP contribution in [0.4, 0.5) is 0 Å². The minimum absolute atomic E-state index is 0.0476. The van der Waals surface area contributed by atoms with Crippen LogP contribution in [0.3, 0.4) is 0 Å². The summed E-state index contributed by atoms with van der Waals surface area (Å²) >= 11 is 0. The third kappa shape index (κ3) is 3.79. The van der Waals surface area contributed by atoms with Gasteiger partial charge in [0.25, 0.3) is 5.91 Å². The Morgan fingerprint density at radius 1 is 1.24 bits per heavy atom. The van der Waals surface area contributed by atoms with Crippen LogP contribution in [-0.2, 0) is 13.6 Å². The molecule has 2 aromatic heterocycles. The van der Waals surface area contributed by atoms with Gasteiger partial charge in [0.2, 0.25) is 0 Å². The average Bonchev–Trinajstić information content (AvgIpc) is 3.23. The van der Waals surface area contributed by atoms with Crippen molar-refractivity contribution in [2.75, 3.05) is 0 Å². The lowest BCUT2D eigenvalue weighted by Crippen LogP contribution is -2.29. The molecule has 1 amide bonds. The molecule has 0 aliphatic rings. The molecule has 3 aromatic rings. The smallest absolute Gasteiger partial charge is 0.253 e. The number of carbonyl (C=O) groups is 1. The Hall–Kier alpha value is -2.89. The topological polar surface area (TPSA) is 64.7 Å². The Balaban J connectivity index is 1.79. The number of hydrogen-bond donors (Lipinski definition) is 1. The molecule has 0 saturated heterocycles. The molecule has 0 radical (unpaired) electrons. The van der Waals surface area contributed by atoms with E-state index in [9.17, 15) is 4.79 Å². The zero-order valence-electron chi connectivity index (χ0n) is 14.8. The van der Waals surface area contributed by atoms with Gasteiger partial charge < -0.3 is 9.88 Å². The van der Waals surface area contributed by atoms with E-state index >= 15 is 0 Å². The summed E-state index contributed by atoms with van der Waals surface area (Å²) in [5.74, 6) is -0.0476. The fourth-order valence-electron chi connectivity index (χ4n) is 2.94. The van der Waals surface area contributed by atoms with E-state index in [0.717, 1.165) is 28.9 Å². The number of carbonyl (C=O) groups excluding carboxylic acids is 1. The lowest BCUT2D eigenvalue weighted by atomic mass is 10.0. The van der Waals surface area contributed by atoms with Crippen LogP contribution in [0.15, 0.2) is 49.1 Å². The van der Waals surface area contributed by atoms with Crippen molar-refractivity contribution in [1.82, 2.24) is 24.6 Å². The number of hydrogen-bond acceptors (Lipinski definition) is 3. The van der Waals surface area contributed by atoms with Gasteiger partial charge in [-0.1, -0.05) is 30.3 Å². The van der Waals surface area contributed by atoms with Crippen molar-refractivity contribution in [1.29, 1.82) is 0 Å². The van der Waals surface area contributed by atoms with Gasteiger partial charge in [-0.25, -0.2) is 4.98 Å². The molecule has 0 aliphatic heterocycles. The molecule has 0 bridgehead atoms. The molecule has 1 unspecified atom stereocenters. The number of rotatable bonds is 6. The summed E-state index contributed by atoms with van der Waals surface area (Å²) in [6, 6.07) is 11.9. The highest BCUT2D eigenvalue weighted by atomic mass is 16.1. The Labute approximate surface area is 147 Å². The molecule has 1 aromatic carbocycles. The number of nitrogens with one attached hydrogen (secondary N) is 1. The maximum Gasteiger partial charge on any atom is 0.253 e. The number of aryl methyl sites for hydroxylation is 2. The van der Waals surface area contributed by atoms with Crippen molar-refractivity contribution >= 4 is 5.91 Å². The molecule has 0 fully saturated rings. The van der Waals surface area contributed by atoms with Crippen LogP contribution in [0.5, 0.6) is 0 Å². The van der Waals surface area contributed by atoms with E-state index in [1.54, 1.807) is 11.0 Å². The largest absolute Gasteiger partial charge is 0.351 e. The average molecular weight is 337 g/mol. The molecule has 0 aliphatic carbocycles. The van der Waals surface area contributed by atoms with E-state index in [1.807, 2.05) is 61.9 Å². The second-order valence-corrected chi connectivity index (χ2v) is 6.23. The standard InChI is InChI=1S/C19H23N5O/c1-14-11-17(15(2)23(14)3)19(25)22-18(16-7-5-4-6-8-16)9-10-24-13-20-12-21-24/h4-8,11-13,18H,9-10H2,1-3H3,(H,22,25). The van der Waals surface area contributed by atoms with Crippen molar-refractivity contribution in [3.8, 4) is 0 Å². The first-order chi connectivity index (χ1) is 12.1. The lowest BCUT2D eigenvalue weighted by molar-refractivity contribution is 0.0932. The van der Waals surface area contributed by atoms with Crippen molar-refractivity contribution in [3.05, 3.63) is 71.6 Å². The Kier molecular flexibility index (Phi) is 4.97. The fraction of sp³-hybridized carbons (Fsp3) is 0.316. The quantitative estimate of drug-likeness (QED) is 0.752. The molecule has 2 heterocycles. The first kappa shape index (κ1) is 17.0. The summed E-state index contributed by atoms with van der Waals surface area (Å²) in [5, 5.41) is 7.32. The Bertz CT molecular complexity index is 836. The monoisotopic (exact) mass is 337 g/mol. The third-order valence-corrected chi connectivity index (χ3v) is 4.64. The van der Waals surface area contributed by atoms with E-state index in [1.165, 1.54) is 6.33 Å². The minimum Gasteiger partial charge on any atom is -0.351 e. The number of benzene rings is 1. The zero-order chi connectivity index (χ0) is 17.8. The molecule has 1 N–H and O–H groups in total. The normalized spacial score (nSPS) is 12.1. The fourth-order valence-corrected chi connectivity index (χ4v) is 2.94. The van der Waals surface area contributed by atoms with E-state index in [-0.39, 0.29) is 11.9 Å². The molecular formula is C19H23N5O. The van der Waals surface area contributed by atoms with Crippen molar-refractivity contribution in [2.24, 2.45) is 7.05 Å². The van der Waals surface area contributed by atoms with Crippen LogP contribution in [-0.4, -0.2) is 25.2 Å². The van der Waals surface area contributed by atoms with Crippen molar-refractivity contribution < 1.29 is 4.79 Å². The predicted molar refractivity (Wildman–Crippen MR) is 96.2 cm³/mol. The van der Waals surface area contributed by atoms with Crippen LogP contribution in [0, 0.1) is 13.8 Å². The highest BCUT2D eigenvalue weighted by molar-refractivity contribution is 5.96. The van der Waals surface area contributed by atoms with E-state index < -0.39 is 0 Å². The Morgan fingerprint density at radius 2 is 2.00 bits per heavy atom. The van der Waals surface area contributed by atoms with Crippen LogP contribution < -0.4 is 5.32 Å². The van der Waals surface area contributed by atoms with Gasteiger partial charge >= 0.3 is 0 Å². The van der Waals surface area contributed by atoms with Crippen LogP contribution in [0.1, 0.15) is 39.8 Å². The number of aromatic nitrogens is 4. The second-order valence-electron chi connectivity index (χ2n) is 6.23. The molecule has 0 saturated carbocycles. The van der Waals surface area contributed by atoms with Crippen molar-refractivity contribution in [3.63, 3.8) is 0 Å². The van der Waals surface area contributed by atoms with E-state index in [4.69, 9.17) is 0 Å². The van der Waals surface area contributed by atoms with Crippen LogP contribution in [0.25, 0.3) is 0 Å². The van der Waals surface area contributed by atoms with Gasteiger partial charge in [0, 0.05) is 25.0 Å². The second kappa shape index (κ2) is 7.34. The first-order valence-corrected chi connectivity index (χ1v) is 8.37. The van der Waals surface area contributed by atoms with Crippen LogP contribution >= 0.6 is 0 Å². The van der Waals surface area contributed by atoms with Gasteiger partial charge in [-0.3, -0.25) is 9.48 Å². The minimum atomic E-state index is -0.0854. The molecule has 130 valence electrons. The van der Waals surface area contributed by atoms with Gasteiger partial charge in [-0.2, -0.15) is 5.10 Å². The molecular weight excluding hydrogens is 314 g/mol. The highest BCUT2D eigenvalue weighted by Gasteiger charge is 2.19. The number of nitrogens with zero attached hydrogens (tertiary/aromatic N) is 4. The molecule has 6 nitrogen and oxygen atoms in total. The van der Waals surface area contributed by atoms with Gasteiger partial charge in [-0.05, 0) is 31.9 Å².